The van der Waals surface area contributed by atoms with Crippen molar-refractivity contribution in [1.82, 2.24) is 5.32 Å². The number of rotatable bonds is 8. The van der Waals surface area contributed by atoms with E-state index in [1.165, 1.54) is 12.2 Å². The fourth-order valence-corrected chi connectivity index (χ4v) is 2.09. The van der Waals surface area contributed by atoms with Crippen LogP contribution in [0.2, 0.25) is 0 Å². The minimum absolute atomic E-state index is 0.0536. The molecule has 2 rings (SSSR count). The maximum Gasteiger partial charge on any atom is 0.180 e. The van der Waals surface area contributed by atoms with Crippen LogP contribution in [0.1, 0.15) is 11.1 Å². The molecular formula is C21H21NO4. The van der Waals surface area contributed by atoms with Crippen LogP contribution in [-0.2, 0) is 4.79 Å². The summed E-state index contributed by atoms with van der Waals surface area (Å²) in [6.45, 7) is 0.267. The number of allylic oxidation sites excluding steroid dienone is 3. The van der Waals surface area contributed by atoms with Crippen molar-refractivity contribution in [3.8, 4) is 11.5 Å². The summed E-state index contributed by atoms with van der Waals surface area (Å²) in [5.74, 6) is 0.142. The smallest absolute Gasteiger partial charge is 0.180 e. The van der Waals surface area contributed by atoms with Gasteiger partial charge in [0, 0.05) is 18.3 Å². The normalized spacial score (nSPS) is 12.0. The number of hydrogen-bond acceptors (Lipinski definition) is 5. The lowest BCUT2D eigenvalue weighted by atomic mass is 10.1. The lowest BCUT2D eigenvalue weighted by Crippen LogP contribution is -2.17. The average Bonchev–Trinajstić information content (AvgIpc) is 2.64. The maximum atomic E-state index is 12.1. The molecule has 4 N–H and O–H groups in total. The topological polar surface area (TPSA) is 89.8 Å². The zero-order valence-corrected chi connectivity index (χ0v) is 14.2. The van der Waals surface area contributed by atoms with Gasteiger partial charge in [-0.15, -0.1) is 0 Å². The van der Waals surface area contributed by atoms with Crippen molar-refractivity contribution in [2.45, 2.75) is 0 Å². The van der Waals surface area contributed by atoms with Crippen molar-refractivity contribution in [3.05, 3.63) is 83.6 Å². The van der Waals surface area contributed by atoms with E-state index in [4.69, 9.17) is 5.11 Å². The molecule has 0 radical (unpaired) electrons. The molecule has 2 aromatic carbocycles. The second kappa shape index (κ2) is 9.86. The van der Waals surface area contributed by atoms with E-state index in [1.807, 2.05) is 0 Å². The Kier molecular flexibility index (Phi) is 7.21. The van der Waals surface area contributed by atoms with Gasteiger partial charge in [-0.3, -0.25) is 4.79 Å². The number of carbonyl (C=O) groups excluding carboxylic acids is 1. The molecule has 5 heteroatoms. The van der Waals surface area contributed by atoms with E-state index in [0.29, 0.717) is 12.2 Å². The molecule has 0 aromatic heterocycles. The highest BCUT2D eigenvalue weighted by molar-refractivity contribution is 6.02. The summed E-state index contributed by atoms with van der Waals surface area (Å²) in [6, 6.07) is 13.2. The molecular weight excluding hydrogens is 330 g/mol. The van der Waals surface area contributed by atoms with E-state index in [9.17, 15) is 15.0 Å². The number of hydrogen-bond donors (Lipinski definition) is 4. The number of nitrogens with one attached hydrogen (secondary N) is 1. The van der Waals surface area contributed by atoms with E-state index in [2.05, 4.69) is 5.32 Å². The third-order valence-corrected chi connectivity index (χ3v) is 3.42. The minimum Gasteiger partial charge on any atom is -0.508 e. The fraction of sp³-hybridized carbons (Fsp3) is 0.0952. The van der Waals surface area contributed by atoms with E-state index in [1.54, 1.807) is 66.8 Å². The lowest BCUT2D eigenvalue weighted by Gasteiger charge is -2.04. The van der Waals surface area contributed by atoms with Crippen LogP contribution < -0.4 is 5.32 Å². The SMILES string of the molecule is O=C(/C=C(/C=C/c1ccc(O)cc1)NCCO)/C=C/c1ccc(O)cc1. The van der Waals surface area contributed by atoms with Gasteiger partial charge < -0.3 is 20.6 Å². The average molecular weight is 351 g/mol. The van der Waals surface area contributed by atoms with E-state index >= 15 is 0 Å². The first-order chi connectivity index (χ1) is 12.6. The summed E-state index contributed by atoms with van der Waals surface area (Å²) in [5, 5.41) is 30.5. The minimum atomic E-state index is -0.214. The second-order valence-corrected chi connectivity index (χ2v) is 5.50. The van der Waals surface area contributed by atoms with E-state index < -0.39 is 0 Å². The van der Waals surface area contributed by atoms with Crippen molar-refractivity contribution < 1.29 is 20.1 Å². The lowest BCUT2D eigenvalue weighted by molar-refractivity contribution is -0.110. The standard InChI is InChI=1S/C21H21NO4/c23-14-13-22-18(7-1-16-2-8-19(24)9-3-16)15-21(26)12-6-17-4-10-20(25)11-5-17/h1-12,15,22-25H,13-14H2/b7-1+,12-6+,18-15-. The molecule has 0 amide bonds. The molecule has 0 fully saturated rings. The van der Waals surface area contributed by atoms with Gasteiger partial charge in [0.1, 0.15) is 11.5 Å². The number of benzene rings is 2. The van der Waals surface area contributed by atoms with Crippen molar-refractivity contribution >= 4 is 17.9 Å². The third kappa shape index (κ3) is 6.67. The molecule has 0 aliphatic rings. The van der Waals surface area contributed by atoms with Gasteiger partial charge in [-0.05, 0) is 47.5 Å². The summed E-state index contributed by atoms with van der Waals surface area (Å²) in [7, 11) is 0. The molecule has 0 saturated heterocycles. The van der Waals surface area contributed by atoms with Crippen LogP contribution in [0.15, 0.2) is 72.5 Å². The van der Waals surface area contributed by atoms with Gasteiger partial charge in [0.05, 0.1) is 6.61 Å². The summed E-state index contributed by atoms with van der Waals surface area (Å²) >= 11 is 0. The second-order valence-electron chi connectivity index (χ2n) is 5.50. The van der Waals surface area contributed by atoms with E-state index in [0.717, 1.165) is 11.1 Å². The largest absolute Gasteiger partial charge is 0.508 e. The van der Waals surface area contributed by atoms with Gasteiger partial charge in [-0.1, -0.05) is 36.4 Å². The summed E-state index contributed by atoms with van der Waals surface area (Å²) in [6.07, 6.45) is 8.05. The first-order valence-corrected chi connectivity index (χ1v) is 8.11. The monoisotopic (exact) mass is 351 g/mol. The van der Waals surface area contributed by atoms with Gasteiger partial charge >= 0.3 is 0 Å². The molecule has 0 atom stereocenters. The highest BCUT2D eigenvalue weighted by Gasteiger charge is 1.98. The Hall–Kier alpha value is -3.31. The zero-order valence-electron chi connectivity index (χ0n) is 14.2. The quantitative estimate of drug-likeness (QED) is 0.434. The predicted molar refractivity (Wildman–Crippen MR) is 102 cm³/mol. The molecule has 2 aromatic rings. The van der Waals surface area contributed by atoms with E-state index in [-0.39, 0.29) is 23.9 Å². The molecule has 0 unspecified atom stereocenters. The molecule has 0 aliphatic carbocycles. The first kappa shape index (κ1) is 19.0. The van der Waals surface area contributed by atoms with Gasteiger partial charge in [-0.25, -0.2) is 0 Å². The van der Waals surface area contributed by atoms with Crippen LogP contribution in [0.3, 0.4) is 0 Å². The highest BCUT2D eigenvalue weighted by Crippen LogP contribution is 2.12. The van der Waals surface area contributed by atoms with Gasteiger partial charge in [-0.2, -0.15) is 0 Å². The summed E-state index contributed by atoms with van der Waals surface area (Å²) in [5.41, 5.74) is 2.23. The number of phenolic OH excluding ortho intramolecular Hbond substituents is 2. The van der Waals surface area contributed by atoms with Crippen molar-refractivity contribution in [3.63, 3.8) is 0 Å². The summed E-state index contributed by atoms with van der Waals surface area (Å²) < 4.78 is 0. The van der Waals surface area contributed by atoms with Gasteiger partial charge in [0.2, 0.25) is 0 Å². The predicted octanol–water partition coefficient (Wildman–Crippen LogP) is 2.86. The number of ketones is 1. The first-order valence-electron chi connectivity index (χ1n) is 8.11. The Labute approximate surface area is 152 Å². The van der Waals surface area contributed by atoms with Crippen LogP contribution >= 0.6 is 0 Å². The molecule has 5 nitrogen and oxygen atoms in total. The Morgan fingerprint density at radius 2 is 1.35 bits per heavy atom. The van der Waals surface area contributed by atoms with Crippen molar-refractivity contribution in [1.29, 1.82) is 0 Å². The number of aromatic hydroxyl groups is 2. The highest BCUT2D eigenvalue weighted by atomic mass is 16.3. The number of phenols is 2. The molecule has 0 heterocycles. The molecule has 134 valence electrons. The molecule has 0 spiro atoms. The summed E-state index contributed by atoms with van der Waals surface area (Å²) in [4.78, 5) is 12.1. The van der Waals surface area contributed by atoms with Crippen molar-refractivity contribution in [2.75, 3.05) is 13.2 Å². The maximum absolute atomic E-state index is 12.1. The van der Waals surface area contributed by atoms with Gasteiger partial charge in [0.15, 0.2) is 5.78 Å². The van der Waals surface area contributed by atoms with Crippen LogP contribution in [0.5, 0.6) is 11.5 Å². The molecule has 0 aliphatic heterocycles. The third-order valence-electron chi connectivity index (χ3n) is 3.42. The van der Waals surface area contributed by atoms with Crippen LogP contribution in [0.25, 0.3) is 12.2 Å². The zero-order chi connectivity index (χ0) is 18.8. The van der Waals surface area contributed by atoms with Crippen LogP contribution in [-0.4, -0.2) is 34.3 Å². The Bertz CT molecular complexity index is 803. The number of aliphatic hydroxyl groups excluding tert-OH is 1. The van der Waals surface area contributed by atoms with Crippen LogP contribution in [0.4, 0.5) is 0 Å². The fourth-order valence-electron chi connectivity index (χ4n) is 2.09. The molecule has 0 bridgehead atoms. The number of aliphatic hydroxyl groups is 1. The van der Waals surface area contributed by atoms with Gasteiger partial charge in [0.25, 0.3) is 0 Å². The Morgan fingerprint density at radius 3 is 1.85 bits per heavy atom. The Morgan fingerprint density at radius 1 is 0.846 bits per heavy atom. The Balaban J connectivity index is 2.09. The number of carbonyl (C=O) groups is 1. The van der Waals surface area contributed by atoms with Crippen LogP contribution in [0, 0.1) is 0 Å². The van der Waals surface area contributed by atoms with Crippen molar-refractivity contribution in [2.24, 2.45) is 0 Å². The molecule has 26 heavy (non-hydrogen) atoms. The molecule has 0 saturated carbocycles.